The van der Waals surface area contributed by atoms with Gasteiger partial charge >= 0.3 is 0 Å². The summed E-state index contributed by atoms with van der Waals surface area (Å²) in [4.78, 5) is 5.11. The van der Waals surface area contributed by atoms with Crippen molar-refractivity contribution in [2.75, 3.05) is 31.6 Å². The molecule has 0 saturated carbocycles. The fourth-order valence-electron chi connectivity index (χ4n) is 4.15. The number of fused-ring (bicyclic) bond motifs is 1. The summed E-state index contributed by atoms with van der Waals surface area (Å²) >= 11 is 0. The van der Waals surface area contributed by atoms with Crippen molar-refractivity contribution >= 4 is 5.69 Å². The van der Waals surface area contributed by atoms with E-state index in [4.69, 9.17) is 5.73 Å². The van der Waals surface area contributed by atoms with Crippen LogP contribution in [-0.2, 0) is 0 Å². The number of aryl methyl sites for hydroxylation is 1. The van der Waals surface area contributed by atoms with Crippen molar-refractivity contribution in [3.05, 3.63) is 29.8 Å². The van der Waals surface area contributed by atoms with Gasteiger partial charge in [0.15, 0.2) is 0 Å². The van der Waals surface area contributed by atoms with Gasteiger partial charge < -0.3 is 10.6 Å². The Hall–Kier alpha value is -1.06. The lowest BCUT2D eigenvalue weighted by Crippen LogP contribution is -2.59. The highest BCUT2D eigenvalue weighted by Crippen LogP contribution is 2.41. The molecule has 2 atom stereocenters. The van der Waals surface area contributed by atoms with Gasteiger partial charge in [-0.05, 0) is 44.4 Å². The van der Waals surface area contributed by atoms with Crippen molar-refractivity contribution < 1.29 is 0 Å². The lowest BCUT2D eigenvalue weighted by atomic mass is 9.86. The minimum atomic E-state index is 0.128. The second-order valence-corrected chi connectivity index (χ2v) is 6.10. The van der Waals surface area contributed by atoms with Gasteiger partial charge in [-0.15, -0.1) is 0 Å². The molecule has 0 bridgehead atoms. The van der Waals surface area contributed by atoms with E-state index in [1.165, 1.54) is 43.6 Å². The van der Waals surface area contributed by atoms with E-state index in [1.807, 2.05) is 0 Å². The minimum absolute atomic E-state index is 0.128. The van der Waals surface area contributed by atoms with Crippen LogP contribution in [-0.4, -0.2) is 43.2 Å². The first-order chi connectivity index (χ1) is 9.19. The molecule has 3 heteroatoms. The number of para-hydroxylation sites is 1. The summed E-state index contributed by atoms with van der Waals surface area (Å²) < 4.78 is 0. The van der Waals surface area contributed by atoms with Crippen LogP contribution in [0.3, 0.4) is 0 Å². The first-order valence-electron chi connectivity index (χ1n) is 7.42. The molecule has 0 radical (unpaired) electrons. The zero-order valence-electron chi connectivity index (χ0n) is 12.1. The maximum atomic E-state index is 6.24. The van der Waals surface area contributed by atoms with Crippen LogP contribution in [0, 0.1) is 6.92 Å². The van der Waals surface area contributed by atoms with E-state index in [0.29, 0.717) is 6.04 Å². The van der Waals surface area contributed by atoms with E-state index in [1.54, 1.807) is 0 Å². The zero-order valence-corrected chi connectivity index (χ0v) is 12.1. The van der Waals surface area contributed by atoms with E-state index in [0.717, 1.165) is 6.54 Å². The first kappa shape index (κ1) is 12.9. The maximum Gasteiger partial charge on any atom is 0.0687 e. The molecule has 2 aliphatic heterocycles. The first-order valence-corrected chi connectivity index (χ1v) is 7.42. The van der Waals surface area contributed by atoms with Crippen LogP contribution in [0.2, 0.25) is 0 Å². The molecule has 0 amide bonds. The van der Waals surface area contributed by atoms with Crippen molar-refractivity contribution in [3.63, 3.8) is 0 Å². The number of hydrogen-bond donors (Lipinski definition) is 1. The average molecular weight is 259 g/mol. The predicted molar refractivity (Wildman–Crippen MR) is 80.6 cm³/mol. The Balaban J connectivity index is 1.96. The summed E-state index contributed by atoms with van der Waals surface area (Å²) in [5.74, 6) is 0. The number of nitrogens with two attached hydrogens (primary N) is 1. The molecular formula is C16H25N3. The average Bonchev–Trinajstić information content (AvgIpc) is 3.00. The van der Waals surface area contributed by atoms with Gasteiger partial charge in [-0.2, -0.15) is 0 Å². The third-order valence-corrected chi connectivity index (χ3v) is 5.31. The van der Waals surface area contributed by atoms with Crippen LogP contribution in [0.25, 0.3) is 0 Å². The van der Waals surface area contributed by atoms with Crippen LogP contribution in [0.4, 0.5) is 5.69 Å². The molecule has 2 N–H and O–H groups in total. The molecule has 2 heterocycles. The second kappa shape index (κ2) is 4.80. The third-order valence-electron chi connectivity index (χ3n) is 5.31. The fraction of sp³-hybridized carbons (Fsp3) is 0.625. The summed E-state index contributed by atoms with van der Waals surface area (Å²) in [6.45, 7) is 5.41. The summed E-state index contributed by atoms with van der Waals surface area (Å²) in [6, 6.07) is 9.30. The topological polar surface area (TPSA) is 32.5 Å². The third kappa shape index (κ3) is 1.87. The summed E-state index contributed by atoms with van der Waals surface area (Å²) in [5, 5.41) is 0. The molecule has 2 unspecified atom stereocenters. The number of likely N-dealkylation sites (N-methyl/N-ethyl adjacent to an activating group) is 1. The standard InChI is InChI=1S/C16H25N3/c1-13-6-3-4-7-14(13)18(2)16(12-17)9-11-19-10-5-8-15(16)19/h3-4,6-7,15H,5,8-12,17H2,1-2H3. The number of hydrogen-bond acceptors (Lipinski definition) is 3. The number of anilines is 1. The summed E-state index contributed by atoms with van der Waals surface area (Å²) in [7, 11) is 2.23. The van der Waals surface area contributed by atoms with Crippen LogP contribution in [0.5, 0.6) is 0 Å². The number of rotatable bonds is 3. The molecule has 19 heavy (non-hydrogen) atoms. The van der Waals surface area contributed by atoms with Crippen LogP contribution in [0.1, 0.15) is 24.8 Å². The van der Waals surface area contributed by atoms with Gasteiger partial charge in [0.1, 0.15) is 0 Å². The van der Waals surface area contributed by atoms with Gasteiger partial charge in [0.25, 0.3) is 0 Å². The highest BCUT2D eigenvalue weighted by atomic mass is 15.3. The Kier molecular flexibility index (Phi) is 3.27. The van der Waals surface area contributed by atoms with Gasteiger partial charge in [-0.25, -0.2) is 0 Å². The second-order valence-electron chi connectivity index (χ2n) is 6.10. The van der Waals surface area contributed by atoms with Crippen molar-refractivity contribution in [1.29, 1.82) is 0 Å². The molecule has 0 aromatic heterocycles. The number of benzene rings is 1. The molecule has 104 valence electrons. The van der Waals surface area contributed by atoms with E-state index in [-0.39, 0.29) is 5.54 Å². The highest BCUT2D eigenvalue weighted by Gasteiger charge is 2.50. The van der Waals surface area contributed by atoms with Crippen molar-refractivity contribution in [2.24, 2.45) is 5.73 Å². The summed E-state index contributed by atoms with van der Waals surface area (Å²) in [6.07, 6.45) is 3.82. The molecule has 0 spiro atoms. The van der Waals surface area contributed by atoms with E-state index in [9.17, 15) is 0 Å². The Bertz CT molecular complexity index is 459. The van der Waals surface area contributed by atoms with Gasteiger partial charge in [0, 0.05) is 31.9 Å². The Labute approximate surface area is 116 Å². The Morgan fingerprint density at radius 2 is 2.16 bits per heavy atom. The van der Waals surface area contributed by atoms with Crippen LogP contribution < -0.4 is 10.6 Å². The van der Waals surface area contributed by atoms with E-state index in [2.05, 4.69) is 48.0 Å². The maximum absolute atomic E-state index is 6.24. The molecule has 2 fully saturated rings. The van der Waals surface area contributed by atoms with Crippen LogP contribution in [0.15, 0.2) is 24.3 Å². The summed E-state index contributed by atoms with van der Waals surface area (Å²) in [5.41, 5.74) is 9.05. The van der Waals surface area contributed by atoms with Crippen molar-refractivity contribution in [3.8, 4) is 0 Å². The van der Waals surface area contributed by atoms with Gasteiger partial charge in [0.05, 0.1) is 5.54 Å². The van der Waals surface area contributed by atoms with Crippen molar-refractivity contribution in [2.45, 2.75) is 37.8 Å². The van der Waals surface area contributed by atoms with Crippen LogP contribution >= 0.6 is 0 Å². The largest absolute Gasteiger partial charge is 0.366 e. The zero-order chi connectivity index (χ0) is 13.5. The Morgan fingerprint density at radius 3 is 2.89 bits per heavy atom. The molecule has 2 aliphatic rings. The van der Waals surface area contributed by atoms with Crippen molar-refractivity contribution in [1.82, 2.24) is 4.90 Å². The molecule has 1 aromatic rings. The van der Waals surface area contributed by atoms with Gasteiger partial charge in [-0.1, -0.05) is 18.2 Å². The lowest BCUT2D eigenvalue weighted by molar-refractivity contribution is 0.262. The highest BCUT2D eigenvalue weighted by molar-refractivity contribution is 5.55. The van der Waals surface area contributed by atoms with E-state index >= 15 is 0 Å². The molecule has 1 aromatic carbocycles. The van der Waals surface area contributed by atoms with Gasteiger partial charge in [0.2, 0.25) is 0 Å². The molecule has 0 aliphatic carbocycles. The number of nitrogens with zero attached hydrogens (tertiary/aromatic N) is 2. The fourth-order valence-corrected chi connectivity index (χ4v) is 4.15. The smallest absolute Gasteiger partial charge is 0.0687 e. The molecule has 3 nitrogen and oxygen atoms in total. The van der Waals surface area contributed by atoms with Gasteiger partial charge in [-0.3, -0.25) is 4.90 Å². The minimum Gasteiger partial charge on any atom is -0.366 e. The predicted octanol–water partition coefficient (Wildman–Crippen LogP) is 2.00. The molecule has 3 rings (SSSR count). The normalized spacial score (nSPS) is 30.6. The molecule has 2 saturated heterocycles. The monoisotopic (exact) mass is 259 g/mol. The quantitative estimate of drug-likeness (QED) is 0.901. The SMILES string of the molecule is Cc1ccccc1N(C)C1(CN)CCN2CCCC21. The van der Waals surface area contributed by atoms with E-state index < -0.39 is 0 Å². The molecular weight excluding hydrogens is 234 g/mol. The Morgan fingerprint density at radius 1 is 1.37 bits per heavy atom. The lowest BCUT2D eigenvalue weighted by Gasteiger charge is -2.44.